The van der Waals surface area contributed by atoms with Crippen molar-refractivity contribution in [3.8, 4) is 0 Å². The van der Waals surface area contributed by atoms with E-state index in [1.165, 1.54) is 25.7 Å². The van der Waals surface area contributed by atoms with E-state index in [1.807, 2.05) is 6.92 Å². The van der Waals surface area contributed by atoms with Gasteiger partial charge in [-0.3, -0.25) is 4.98 Å². The van der Waals surface area contributed by atoms with Crippen molar-refractivity contribution in [3.05, 3.63) is 60.0 Å². The van der Waals surface area contributed by atoms with Gasteiger partial charge in [0.05, 0.1) is 29.3 Å². The zero-order valence-electron chi connectivity index (χ0n) is 12.6. The molecule has 7 heteroatoms. The average Bonchev–Trinajstić information content (AvgIpc) is 2.99. The van der Waals surface area contributed by atoms with Gasteiger partial charge in [0.1, 0.15) is 0 Å². The van der Waals surface area contributed by atoms with Gasteiger partial charge in [-0.15, -0.1) is 0 Å². The molecule has 0 saturated heterocycles. The Morgan fingerprint density at radius 3 is 2.48 bits per heavy atom. The summed E-state index contributed by atoms with van der Waals surface area (Å²) in [6, 6.07) is 8.13. The van der Waals surface area contributed by atoms with Crippen LogP contribution in [-0.4, -0.2) is 30.5 Å². The van der Waals surface area contributed by atoms with Gasteiger partial charge in [0.25, 0.3) is 10.0 Å². The zero-order valence-corrected chi connectivity index (χ0v) is 13.4. The third-order valence-electron chi connectivity index (χ3n) is 3.56. The predicted molar refractivity (Wildman–Crippen MR) is 84.8 cm³/mol. The predicted octanol–water partition coefficient (Wildman–Crippen LogP) is 2.37. The zero-order chi connectivity index (χ0) is 16.6. The Balaban J connectivity index is 2.21. The van der Waals surface area contributed by atoms with Crippen LogP contribution in [0.15, 0.2) is 53.8 Å². The largest absolute Gasteiger partial charge is 0.465 e. The summed E-state index contributed by atoms with van der Waals surface area (Å²) in [5.41, 5.74) is 1.52. The highest BCUT2D eigenvalue weighted by Gasteiger charge is 2.21. The maximum Gasteiger partial charge on any atom is 0.340 e. The maximum atomic E-state index is 12.8. The lowest BCUT2D eigenvalue weighted by Crippen LogP contribution is -2.12. The third-order valence-corrected chi connectivity index (χ3v) is 5.27. The molecule has 0 amide bonds. The quantitative estimate of drug-likeness (QED) is 0.689. The Morgan fingerprint density at radius 1 is 1.13 bits per heavy atom. The van der Waals surface area contributed by atoms with E-state index in [2.05, 4.69) is 4.98 Å². The summed E-state index contributed by atoms with van der Waals surface area (Å²) in [4.78, 5) is 15.9. The number of aromatic nitrogens is 2. The van der Waals surface area contributed by atoms with Crippen molar-refractivity contribution in [3.63, 3.8) is 0 Å². The summed E-state index contributed by atoms with van der Waals surface area (Å²) in [6.07, 6.45) is 4.18. The molecule has 0 N–H and O–H groups in total. The fourth-order valence-electron chi connectivity index (χ4n) is 2.34. The Labute approximate surface area is 133 Å². The smallest absolute Gasteiger partial charge is 0.340 e. The van der Waals surface area contributed by atoms with Crippen LogP contribution < -0.4 is 0 Å². The van der Waals surface area contributed by atoms with Crippen molar-refractivity contribution in [2.45, 2.75) is 11.8 Å². The van der Waals surface area contributed by atoms with Crippen LogP contribution in [0, 0.1) is 6.92 Å². The van der Waals surface area contributed by atoms with Crippen molar-refractivity contribution in [1.29, 1.82) is 0 Å². The number of carbonyl (C=O) groups excluding carboxylic acids is 1. The van der Waals surface area contributed by atoms with Crippen LogP contribution in [0.3, 0.4) is 0 Å². The van der Waals surface area contributed by atoms with E-state index in [9.17, 15) is 13.2 Å². The molecule has 3 rings (SSSR count). The second-order valence-corrected chi connectivity index (χ2v) is 6.86. The highest BCUT2D eigenvalue weighted by atomic mass is 32.2. The number of carbonyl (C=O) groups is 1. The van der Waals surface area contributed by atoms with Crippen LogP contribution in [0.25, 0.3) is 10.9 Å². The first-order valence-electron chi connectivity index (χ1n) is 6.81. The van der Waals surface area contributed by atoms with E-state index in [0.29, 0.717) is 10.9 Å². The molecule has 23 heavy (non-hydrogen) atoms. The molecule has 0 aliphatic carbocycles. The van der Waals surface area contributed by atoms with Crippen LogP contribution in [0.4, 0.5) is 0 Å². The van der Waals surface area contributed by atoms with Gasteiger partial charge in [-0.25, -0.2) is 17.2 Å². The highest BCUT2D eigenvalue weighted by Crippen LogP contribution is 2.24. The topological polar surface area (TPSA) is 78.3 Å². The van der Waals surface area contributed by atoms with Gasteiger partial charge in [0.15, 0.2) is 0 Å². The lowest BCUT2D eigenvalue weighted by molar-refractivity contribution is 0.0602. The van der Waals surface area contributed by atoms with Gasteiger partial charge < -0.3 is 4.74 Å². The van der Waals surface area contributed by atoms with E-state index in [-0.39, 0.29) is 10.5 Å². The summed E-state index contributed by atoms with van der Waals surface area (Å²) >= 11 is 0. The minimum Gasteiger partial charge on any atom is -0.465 e. The van der Waals surface area contributed by atoms with E-state index in [0.717, 1.165) is 9.54 Å². The standard InChI is InChI=1S/C16H14N2O4S/c1-11-3-5-12(6-4-11)23(20,21)18-8-7-13-14(16(19)22-2)9-17-10-15(13)18/h3-10H,1-2H3. The van der Waals surface area contributed by atoms with E-state index < -0.39 is 16.0 Å². The first kappa shape index (κ1) is 15.2. The molecule has 1 aromatic carbocycles. The Bertz CT molecular complexity index is 989. The first-order valence-corrected chi connectivity index (χ1v) is 8.25. The molecule has 2 aromatic heterocycles. The molecule has 0 unspecified atom stereocenters. The third kappa shape index (κ3) is 2.49. The molecule has 6 nitrogen and oxygen atoms in total. The van der Waals surface area contributed by atoms with Gasteiger partial charge >= 0.3 is 5.97 Å². The van der Waals surface area contributed by atoms with Crippen LogP contribution >= 0.6 is 0 Å². The normalized spacial score (nSPS) is 11.6. The molecular weight excluding hydrogens is 316 g/mol. The Hall–Kier alpha value is -2.67. The molecule has 0 saturated carbocycles. The Morgan fingerprint density at radius 2 is 1.83 bits per heavy atom. The molecule has 0 radical (unpaired) electrons. The van der Waals surface area contributed by atoms with E-state index in [4.69, 9.17) is 4.74 Å². The molecule has 0 fully saturated rings. The summed E-state index contributed by atoms with van der Waals surface area (Å²) in [5.74, 6) is -0.561. The van der Waals surface area contributed by atoms with E-state index >= 15 is 0 Å². The molecule has 118 valence electrons. The minimum absolute atomic E-state index is 0.170. The molecule has 2 heterocycles. The number of benzene rings is 1. The van der Waals surface area contributed by atoms with Crippen LogP contribution in [0.5, 0.6) is 0 Å². The van der Waals surface area contributed by atoms with Crippen molar-refractivity contribution in [2.75, 3.05) is 7.11 Å². The lowest BCUT2D eigenvalue weighted by atomic mass is 10.2. The summed E-state index contributed by atoms with van der Waals surface area (Å²) < 4.78 is 31.4. The molecule has 0 atom stereocenters. The van der Waals surface area contributed by atoms with Gasteiger partial charge in [-0.2, -0.15) is 0 Å². The number of aryl methyl sites for hydroxylation is 1. The fourth-order valence-corrected chi connectivity index (χ4v) is 3.67. The van der Waals surface area contributed by atoms with Crippen molar-refractivity contribution in [1.82, 2.24) is 8.96 Å². The molecule has 0 aliphatic heterocycles. The number of hydrogen-bond acceptors (Lipinski definition) is 5. The number of nitrogens with zero attached hydrogens (tertiary/aromatic N) is 2. The number of methoxy groups -OCH3 is 1. The number of rotatable bonds is 3. The number of fused-ring (bicyclic) bond motifs is 1. The fraction of sp³-hybridized carbons (Fsp3) is 0.125. The minimum atomic E-state index is -3.76. The lowest BCUT2D eigenvalue weighted by Gasteiger charge is -2.08. The van der Waals surface area contributed by atoms with Crippen molar-refractivity contribution < 1.29 is 17.9 Å². The highest BCUT2D eigenvalue weighted by molar-refractivity contribution is 7.90. The van der Waals surface area contributed by atoms with Crippen molar-refractivity contribution in [2.24, 2.45) is 0 Å². The molecule has 3 aromatic rings. The average molecular weight is 330 g/mol. The second-order valence-electron chi connectivity index (χ2n) is 5.04. The van der Waals surface area contributed by atoms with E-state index in [1.54, 1.807) is 30.3 Å². The SMILES string of the molecule is COC(=O)c1cncc2c1ccn2S(=O)(=O)c1ccc(C)cc1. The van der Waals surface area contributed by atoms with Gasteiger partial charge in [-0.05, 0) is 25.1 Å². The number of esters is 1. The van der Waals surface area contributed by atoms with Gasteiger partial charge in [0.2, 0.25) is 0 Å². The second kappa shape index (κ2) is 5.51. The van der Waals surface area contributed by atoms with Crippen molar-refractivity contribution >= 4 is 26.9 Å². The van der Waals surface area contributed by atoms with Crippen LogP contribution in [0.1, 0.15) is 15.9 Å². The number of hydrogen-bond donors (Lipinski definition) is 0. The molecule has 0 spiro atoms. The molecule has 0 bridgehead atoms. The molecule has 0 aliphatic rings. The summed E-state index contributed by atoms with van der Waals surface area (Å²) in [7, 11) is -2.50. The maximum absolute atomic E-state index is 12.8. The Kier molecular flexibility index (Phi) is 3.65. The van der Waals surface area contributed by atoms with Crippen LogP contribution in [-0.2, 0) is 14.8 Å². The van der Waals surface area contributed by atoms with Gasteiger partial charge in [-0.1, -0.05) is 17.7 Å². The van der Waals surface area contributed by atoms with Crippen LogP contribution in [0.2, 0.25) is 0 Å². The molecular formula is C16H14N2O4S. The number of ether oxygens (including phenoxy) is 1. The number of pyridine rings is 1. The summed E-state index contributed by atoms with van der Waals surface area (Å²) in [6.45, 7) is 1.88. The van der Waals surface area contributed by atoms with Gasteiger partial charge in [0, 0.05) is 17.8 Å². The summed E-state index contributed by atoms with van der Waals surface area (Å²) in [5, 5.41) is 0.475. The monoisotopic (exact) mass is 330 g/mol. The first-order chi connectivity index (χ1) is 10.9.